The van der Waals surface area contributed by atoms with Crippen LogP contribution in [0.3, 0.4) is 0 Å². The molecule has 0 aromatic heterocycles. The summed E-state index contributed by atoms with van der Waals surface area (Å²) in [7, 11) is 0. The number of hydrogen-bond acceptors (Lipinski definition) is 3. The van der Waals surface area contributed by atoms with Crippen LogP contribution >= 0.6 is 23.4 Å². The summed E-state index contributed by atoms with van der Waals surface area (Å²) in [6.45, 7) is 2.02. The molecule has 0 aliphatic carbocycles. The van der Waals surface area contributed by atoms with Gasteiger partial charge in [-0.3, -0.25) is 4.79 Å². The van der Waals surface area contributed by atoms with Crippen molar-refractivity contribution in [2.45, 2.75) is 17.6 Å². The molecule has 2 aromatic carbocycles. The van der Waals surface area contributed by atoms with Crippen molar-refractivity contribution in [2.75, 3.05) is 5.73 Å². The van der Waals surface area contributed by atoms with E-state index in [0.29, 0.717) is 10.6 Å². The predicted octanol–water partition coefficient (Wildman–Crippen LogP) is 3.62. The fourth-order valence-electron chi connectivity index (χ4n) is 1.81. The first kappa shape index (κ1) is 14.8. The number of carbonyl (C=O) groups is 1. The Morgan fingerprint density at radius 1 is 1.25 bits per heavy atom. The van der Waals surface area contributed by atoms with Gasteiger partial charge < -0.3 is 11.5 Å². The smallest absolute Gasteiger partial charge is 0.248 e. The number of benzene rings is 2. The van der Waals surface area contributed by atoms with Crippen molar-refractivity contribution in [2.24, 2.45) is 5.73 Å². The minimum atomic E-state index is -0.472. The molecule has 0 bridgehead atoms. The molecule has 0 unspecified atom stereocenters. The molecule has 0 aliphatic rings. The molecule has 0 saturated carbocycles. The summed E-state index contributed by atoms with van der Waals surface area (Å²) in [6, 6.07) is 11.0. The highest BCUT2D eigenvalue weighted by Crippen LogP contribution is 2.30. The minimum Gasteiger partial charge on any atom is -0.399 e. The van der Waals surface area contributed by atoms with Gasteiger partial charge in [0.15, 0.2) is 0 Å². The van der Waals surface area contributed by atoms with Crippen molar-refractivity contribution in [3.8, 4) is 0 Å². The lowest BCUT2D eigenvalue weighted by atomic mass is 10.1. The fraction of sp³-hybridized carbons (Fsp3) is 0.133. The molecule has 104 valence electrons. The lowest BCUT2D eigenvalue weighted by Gasteiger charge is -2.08. The molecular weight excluding hydrogens is 292 g/mol. The Bertz CT molecular complexity index is 658. The predicted molar refractivity (Wildman–Crippen MR) is 85.1 cm³/mol. The van der Waals surface area contributed by atoms with Crippen LogP contribution in [0.1, 0.15) is 21.5 Å². The summed E-state index contributed by atoms with van der Waals surface area (Å²) in [4.78, 5) is 12.2. The van der Waals surface area contributed by atoms with E-state index in [1.165, 1.54) is 0 Å². The van der Waals surface area contributed by atoms with Crippen LogP contribution in [0.5, 0.6) is 0 Å². The number of rotatable bonds is 4. The van der Waals surface area contributed by atoms with Crippen LogP contribution in [0.4, 0.5) is 5.69 Å². The Kier molecular flexibility index (Phi) is 4.57. The first-order valence-electron chi connectivity index (χ1n) is 6.04. The maximum atomic E-state index is 11.1. The third-order valence-corrected chi connectivity index (χ3v) is 4.50. The summed E-state index contributed by atoms with van der Waals surface area (Å²) >= 11 is 7.84. The van der Waals surface area contributed by atoms with Gasteiger partial charge in [-0.1, -0.05) is 17.7 Å². The Labute approximate surface area is 127 Å². The molecule has 0 saturated heterocycles. The molecule has 20 heavy (non-hydrogen) atoms. The first-order chi connectivity index (χ1) is 9.47. The average Bonchev–Trinajstić information content (AvgIpc) is 2.38. The van der Waals surface area contributed by atoms with Crippen LogP contribution in [-0.4, -0.2) is 5.91 Å². The maximum absolute atomic E-state index is 11.1. The molecule has 1 amide bonds. The zero-order valence-electron chi connectivity index (χ0n) is 11.0. The molecule has 0 aliphatic heterocycles. The van der Waals surface area contributed by atoms with Gasteiger partial charge in [0.25, 0.3) is 0 Å². The number of nitrogen functional groups attached to an aromatic ring is 1. The molecule has 0 spiro atoms. The van der Waals surface area contributed by atoms with Crippen LogP contribution < -0.4 is 11.5 Å². The van der Waals surface area contributed by atoms with Crippen molar-refractivity contribution in [3.05, 3.63) is 58.1 Å². The van der Waals surface area contributed by atoms with E-state index in [4.69, 9.17) is 23.1 Å². The standard InChI is InChI=1S/C15H15ClN2OS/c1-9-6-12(17)4-5-14(9)20-8-11-3-2-10(15(18)19)7-13(11)16/h2-7H,8,17H2,1H3,(H2,18,19). The lowest BCUT2D eigenvalue weighted by Crippen LogP contribution is -2.10. The van der Waals surface area contributed by atoms with Crippen LogP contribution in [0.2, 0.25) is 5.02 Å². The van der Waals surface area contributed by atoms with Gasteiger partial charge >= 0.3 is 0 Å². The molecular formula is C15H15ClN2OS. The van der Waals surface area contributed by atoms with Crippen LogP contribution in [0, 0.1) is 6.92 Å². The second kappa shape index (κ2) is 6.20. The van der Waals surface area contributed by atoms with E-state index in [1.807, 2.05) is 31.2 Å². The largest absolute Gasteiger partial charge is 0.399 e. The molecule has 5 heteroatoms. The number of nitrogens with two attached hydrogens (primary N) is 2. The van der Waals surface area contributed by atoms with Crippen LogP contribution in [-0.2, 0) is 5.75 Å². The number of anilines is 1. The molecule has 2 aromatic rings. The van der Waals surface area contributed by atoms with Gasteiger partial charge in [0.05, 0.1) is 0 Å². The van der Waals surface area contributed by atoms with E-state index in [1.54, 1.807) is 23.9 Å². The lowest BCUT2D eigenvalue weighted by molar-refractivity contribution is 0.100. The van der Waals surface area contributed by atoms with Crippen molar-refractivity contribution >= 4 is 35.0 Å². The number of carbonyl (C=O) groups excluding carboxylic acids is 1. The Hall–Kier alpha value is -1.65. The van der Waals surface area contributed by atoms with Gasteiger partial charge in [-0.05, 0) is 48.4 Å². The highest BCUT2D eigenvalue weighted by atomic mass is 35.5. The summed E-state index contributed by atoms with van der Waals surface area (Å²) in [5, 5.41) is 0.557. The van der Waals surface area contributed by atoms with Gasteiger partial charge in [-0.15, -0.1) is 11.8 Å². The van der Waals surface area contributed by atoms with Crippen molar-refractivity contribution < 1.29 is 4.79 Å². The topological polar surface area (TPSA) is 69.1 Å². The fourth-order valence-corrected chi connectivity index (χ4v) is 3.15. The normalized spacial score (nSPS) is 10.5. The van der Waals surface area contributed by atoms with Gasteiger partial charge in [0, 0.05) is 26.9 Å². The third kappa shape index (κ3) is 3.46. The first-order valence-corrected chi connectivity index (χ1v) is 7.41. The molecule has 2 rings (SSSR count). The van der Waals surface area contributed by atoms with Crippen molar-refractivity contribution in [3.63, 3.8) is 0 Å². The number of halogens is 1. The number of hydrogen-bond donors (Lipinski definition) is 2. The average molecular weight is 307 g/mol. The quantitative estimate of drug-likeness (QED) is 0.669. The molecule has 0 atom stereocenters. The monoisotopic (exact) mass is 306 g/mol. The van der Waals surface area contributed by atoms with Crippen molar-refractivity contribution in [1.82, 2.24) is 0 Å². The Morgan fingerprint density at radius 2 is 2.00 bits per heavy atom. The Balaban J connectivity index is 2.13. The van der Waals surface area contributed by atoms with Gasteiger partial charge in [-0.2, -0.15) is 0 Å². The zero-order valence-corrected chi connectivity index (χ0v) is 12.6. The van der Waals surface area contributed by atoms with E-state index >= 15 is 0 Å². The van der Waals surface area contributed by atoms with E-state index in [2.05, 4.69) is 0 Å². The Morgan fingerprint density at radius 3 is 2.60 bits per heavy atom. The highest BCUT2D eigenvalue weighted by Gasteiger charge is 2.07. The third-order valence-electron chi connectivity index (χ3n) is 2.92. The number of primary amides is 1. The summed E-state index contributed by atoms with van der Waals surface area (Å²) in [5.74, 6) is 0.253. The summed E-state index contributed by atoms with van der Waals surface area (Å²) in [5.41, 5.74) is 14.2. The SMILES string of the molecule is Cc1cc(N)ccc1SCc1ccc(C(N)=O)cc1Cl. The molecule has 0 radical (unpaired) electrons. The maximum Gasteiger partial charge on any atom is 0.248 e. The second-order valence-electron chi connectivity index (χ2n) is 4.48. The molecule has 0 fully saturated rings. The van der Waals surface area contributed by atoms with Crippen LogP contribution in [0.15, 0.2) is 41.3 Å². The molecule has 0 heterocycles. The summed E-state index contributed by atoms with van der Waals surface area (Å²) in [6.07, 6.45) is 0. The zero-order chi connectivity index (χ0) is 14.7. The second-order valence-corrected chi connectivity index (χ2v) is 5.91. The molecule has 3 nitrogen and oxygen atoms in total. The number of thioether (sulfide) groups is 1. The van der Waals surface area contributed by atoms with E-state index in [-0.39, 0.29) is 0 Å². The van der Waals surface area contributed by atoms with Gasteiger partial charge in [0.1, 0.15) is 0 Å². The van der Waals surface area contributed by atoms with E-state index in [9.17, 15) is 4.79 Å². The number of amides is 1. The van der Waals surface area contributed by atoms with E-state index in [0.717, 1.165) is 27.5 Å². The van der Waals surface area contributed by atoms with E-state index < -0.39 is 5.91 Å². The van der Waals surface area contributed by atoms with Crippen LogP contribution in [0.25, 0.3) is 0 Å². The number of aryl methyl sites for hydroxylation is 1. The molecule has 4 N–H and O–H groups in total. The van der Waals surface area contributed by atoms with Gasteiger partial charge in [0.2, 0.25) is 5.91 Å². The van der Waals surface area contributed by atoms with Crippen molar-refractivity contribution in [1.29, 1.82) is 0 Å². The van der Waals surface area contributed by atoms with Gasteiger partial charge in [-0.25, -0.2) is 0 Å². The highest BCUT2D eigenvalue weighted by molar-refractivity contribution is 7.98. The minimum absolute atomic E-state index is 0.424. The summed E-state index contributed by atoms with van der Waals surface area (Å²) < 4.78 is 0.